The number of H-pyrrole nitrogens is 1. The number of carboxylic acids is 1. The Morgan fingerprint density at radius 3 is 2.28 bits per heavy atom. The highest BCUT2D eigenvalue weighted by Gasteiger charge is 2.38. The Bertz CT molecular complexity index is 1370. The van der Waals surface area contributed by atoms with Gasteiger partial charge in [-0.15, -0.1) is 0 Å². The van der Waals surface area contributed by atoms with Gasteiger partial charge >= 0.3 is 17.8 Å². The third-order valence-electron chi connectivity index (χ3n) is 5.71. The van der Waals surface area contributed by atoms with Crippen LogP contribution in [0.3, 0.4) is 0 Å². The van der Waals surface area contributed by atoms with E-state index in [2.05, 4.69) is 32.2 Å². The average Bonchev–Trinajstić information content (AvgIpc) is 3.27. The SMILES string of the molecule is Cc1cc(-c2ccc(N3CCOCC3)cc2)cnc1-n1c(CC(CN)=C(F)F)n[nH]c1=O.O=C(O)C(F)(F)F. The molecular weight excluding hydrogens is 531 g/mol. The van der Waals surface area contributed by atoms with Crippen LogP contribution in [0.5, 0.6) is 0 Å². The maximum Gasteiger partial charge on any atom is 0.490 e. The molecule has 0 saturated carbocycles. The minimum atomic E-state index is -5.08. The van der Waals surface area contributed by atoms with Gasteiger partial charge in [0.25, 0.3) is 6.08 Å². The molecule has 3 aromatic rings. The van der Waals surface area contributed by atoms with Crippen molar-refractivity contribution < 1.29 is 36.6 Å². The van der Waals surface area contributed by atoms with Crippen LogP contribution in [-0.2, 0) is 16.0 Å². The van der Waals surface area contributed by atoms with Crippen LogP contribution in [0.25, 0.3) is 16.9 Å². The Balaban J connectivity index is 0.000000532. The highest BCUT2D eigenvalue weighted by atomic mass is 19.4. The van der Waals surface area contributed by atoms with Crippen molar-refractivity contribution in [3.05, 3.63) is 70.1 Å². The number of rotatable bonds is 6. The van der Waals surface area contributed by atoms with Crippen molar-refractivity contribution in [1.29, 1.82) is 0 Å². The first kappa shape index (κ1) is 29.4. The number of hydrogen-bond donors (Lipinski definition) is 3. The van der Waals surface area contributed by atoms with E-state index in [1.54, 1.807) is 6.20 Å². The van der Waals surface area contributed by atoms with Crippen LogP contribution in [0.1, 0.15) is 11.4 Å². The fraction of sp³-hybridized carbons (Fsp3) is 0.333. The van der Waals surface area contributed by atoms with Crippen LogP contribution in [0.15, 0.2) is 53.0 Å². The van der Waals surface area contributed by atoms with E-state index in [9.17, 15) is 26.7 Å². The van der Waals surface area contributed by atoms with E-state index in [0.29, 0.717) is 11.4 Å². The Labute approximate surface area is 218 Å². The van der Waals surface area contributed by atoms with Crippen LogP contribution in [-0.4, -0.2) is 69.8 Å². The summed E-state index contributed by atoms with van der Waals surface area (Å²) in [5.41, 5.74) is 8.29. The van der Waals surface area contributed by atoms with E-state index >= 15 is 0 Å². The molecule has 15 heteroatoms. The fourth-order valence-electron chi connectivity index (χ4n) is 3.72. The summed E-state index contributed by atoms with van der Waals surface area (Å²) in [6, 6.07) is 10.1. The van der Waals surface area contributed by atoms with Gasteiger partial charge in [0, 0.05) is 49.1 Å². The average molecular weight is 556 g/mol. The number of nitrogens with one attached hydrogen (secondary N) is 1. The van der Waals surface area contributed by atoms with Gasteiger partial charge in [-0.05, 0) is 36.2 Å². The van der Waals surface area contributed by atoms with Crippen molar-refractivity contribution in [2.45, 2.75) is 19.5 Å². The minimum Gasteiger partial charge on any atom is -0.475 e. The van der Waals surface area contributed by atoms with Crippen molar-refractivity contribution in [3.63, 3.8) is 0 Å². The van der Waals surface area contributed by atoms with Crippen LogP contribution < -0.4 is 16.3 Å². The predicted molar refractivity (Wildman–Crippen MR) is 131 cm³/mol. The van der Waals surface area contributed by atoms with Crippen molar-refractivity contribution in [2.75, 3.05) is 37.7 Å². The minimum absolute atomic E-state index is 0.126. The van der Waals surface area contributed by atoms with Gasteiger partial charge < -0.3 is 20.5 Å². The molecule has 4 rings (SSSR count). The molecule has 1 aromatic carbocycles. The molecule has 0 unspecified atom stereocenters. The van der Waals surface area contributed by atoms with Crippen molar-refractivity contribution >= 4 is 11.7 Å². The molecule has 2 aromatic heterocycles. The molecule has 1 aliphatic rings. The molecule has 3 heterocycles. The van der Waals surface area contributed by atoms with Crippen molar-refractivity contribution in [1.82, 2.24) is 19.7 Å². The van der Waals surface area contributed by atoms with Crippen LogP contribution in [0, 0.1) is 6.92 Å². The first-order valence-electron chi connectivity index (χ1n) is 11.5. The predicted octanol–water partition coefficient (Wildman–Crippen LogP) is 3.05. The first-order valence-corrected chi connectivity index (χ1v) is 11.5. The monoisotopic (exact) mass is 556 g/mol. The lowest BCUT2D eigenvalue weighted by Crippen LogP contribution is -2.36. The van der Waals surface area contributed by atoms with Crippen molar-refractivity contribution in [2.24, 2.45) is 5.73 Å². The highest BCUT2D eigenvalue weighted by Crippen LogP contribution is 2.26. The van der Waals surface area contributed by atoms with E-state index in [0.717, 1.165) is 43.1 Å². The molecular formula is C24H25F5N6O4. The summed E-state index contributed by atoms with van der Waals surface area (Å²) < 4.78 is 64.4. The quantitative estimate of drug-likeness (QED) is 0.394. The summed E-state index contributed by atoms with van der Waals surface area (Å²) in [6.07, 6.45) is -5.54. The lowest BCUT2D eigenvalue weighted by molar-refractivity contribution is -0.192. The number of aromatic nitrogens is 4. The van der Waals surface area contributed by atoms with E-state index < -0.39 is 23.9 Å². The number of aryl methyl sites for hydroxylation is 1. The summed E-state index contributed by atoms with van der Waals surface area (Å²) in [6.45, 7) is 4.67. The van der Waals surface area contributed by atoms with Gasteiger partial charge in [0.1, 0.15) is 11.6 Å². The number of nitrogens with zero attached hydrogens (tertiary/aromatic N) is 4. The molecule has 0 atom stereocenters. The standard InChI is InChI=1S/C22H24F2N6O2.C2HF3O2/c1-14-10-17(15-2-4-18(5-3-15)29-6-8-32-9-7-29)13-26-21(14)30-19(27-28-22(30)31)11-16(12-25)20(23)24;3-2(4,5)1(6)7/h2-5,10,13H,6-9,11-12,25H2,1H3,(H,28,31);(H,6,7). The summed E-state index contributed by atoms with van der Waals surface area (Å²) in [4.78, 5) is 28.0. The molecule has 39 heavy (non-hydrogen) atoms. The first-order chi connectivity index (χ1) is 18.4. The zero-order chi connectivity index (χ0) is 28.7. The second kappa shape index (κ2) is 12.6. The van der Waals surface area contributed by atoms with Gasteiger partial charge in [0.05, 0.1) is 13.2 Å². The molecule has 1 fully saturated rings. The molecule has 4 N–H and O–H groups in total. The topological polar surface area (TPSA) is 139 Å². The van der Waals surface area contributed by atoms with Gasteiger partial charge in [0.2, 0.25) is 0 Å². The number of aliphatic carboxylic acids is 1. The van der Waals surface area contributed by atoms with Crippen LogP contribution in [0.2, 0.25) is 0 Å². The second-order valence-corrected chi connectivity index (χ2v) is 8.34. The van der Waals surface area contributed by atoms with E-state index in [-0.39, 0.29) is 24.4 Å². The normalized spacial score (nSPS) is 13.5. The van der Waals surface area contributed by atoms with Gasteiger partial charge in [-0.2, -0.15) is 27.1 Å². The summed E-state index contributed by atoms with van der Waals surface area (Å²) >= 11 is 0. The zero-order valence-electron chi connectivity index (χ0n) is 20.6. The lowest BCUT2D eigenvalue weighted by Gasteiger charge is -2.28. The third kappa shape index (κ3) is 7.48. The lowest BCUT2D eigenvalue weighted by atomic mass is 10.0. The number of nitrogens with two attached hydrogens (primary N) is 1. The zero-order valence-corrected chi connectivity index (χ0v) is 20.6. The largest absolute Gasteiger partial charge is 0.490 e. The molecule has 1 saturated heterocycles. The van der Waals surface area contributed by atoms with E-state index in [1.807, 2.05) is 25.1 Å². The van der Waals surface area contributed by atoms with E-state index in [1.165, 1.54) is 4.57 Å². The smallest absolute Gasteiger partial charge is 0.475 e. The number of ether oxygens (including phenoxy) is 1. The highest BCUT2D eigenvalue weighted by molar-refractivity contribution is 5.73. The van der Waals surface area contributed by atoms with Crippen LogP contribution >= 0.6 is 0 Å². The molecule has 210 valence electrons. The Morgan fingerprint density at radius 1 is 1.15 bits per heavy atom. The maximum absolute atomic E-state index is 13.0. The summed E-state index contributed by atoms with van der Waals surface area (Å²) in [5.74, 6) is -2.29. The Morgan fingerprint density at radius 2 is 1.77 bits per heavy atom. The summed E-state index contributed by atoms with van der Waals surface area (Å²) in [5, 5.41) is 13.3. The fourth-order valence-corrected chi connectivity index (χ4v) is 3.72. The number of halogens is 5. The Kier molecular flexibility index (Phi) is 9.53. The van der Waals surface area contributed by atoms with Crippen LogP contribution in [0.4, 0.5) is 27.6 Å². The number of carboxylic acid groups (broad SMARTS) is 1. The van der Waals surface area contributed by atoms with Crippen molar-refractivity contribution in [3.8, 4) is 16.9 Å². The molecule has 10 nitrogen and oxygen atoms in total. The number of benzene rings is 1. The number of hydrogen-bond acceptors (Lipinski definition) is 7. The number of aromatic amines is 1. The molecule has 1 aliphatic heterocycles. The molecule has 0 aliphatic carbocycles. The number of anilines is 1. The van der Waals surface area contributed by atoms with E-state index in [4.69, 9.17) is 20.4 Å². The number of alkyl halides is 3. The van der Waals surface area contributed by atoms with Gasteiger partial charge in [-0.25, -0.2) is 24.2 Å². The number of carbonyl (C=O) groups is 1. The molecule has 0 bridgehead atoms. The van der Waals surface area contributed by atoms with Gasteiger partial charge in [-0.3, -0.25) is 0 Å². The Hall–Kier alpha value is -4.11. The maximum atomic E-state index is 13.0. The third-order valence-corrected chi connectivity index (χ3v) is 5.71. The molecule has 0 radical (unpaired) electrons. The second-order valence-electron chi connectivity index (χ2n) is 8.34. The number of pyridine rings is 1. The number of morpholine rings is 1. The van der Waals surface area contributed by atoms with Gasteiger partial charge in [0.15, 0.2) is 0 Å². The summed E-state index contributed by atoms with van der Waals surface area (Å²) in [7, 11) is 0. The molecule has 0 amide bonds. The van der Waals surface area contributed by atoms with Gasteiger partial charge in [-0.1, -0.05) is 12.1 Å². The molecule has 0 spiro atoms.